The SMILES string of the molecule is COc1cccc([C@@H](Nc2ccc([N+](=O)[O-])cn2)c2nccn2C)c1. The molecule has 1 aromatic carbocycles. The third-order valence-corrected chi connectivity index (χ3v) is 3.79. The molecule has 0 aliphatic carbocycles. The van der Waals surface area contributed by atoms with Crippen LogP contribution in [0.2, 0.25) is 0 Å². The summed E-state index contributed by atoms with van der Waals surface area (Å²) in [4.78, 5) is 18.8. The number of rotatable bonds is 6. The van der Waals surface area contributed by atoms with Gasteiger partial charge >= 0.3 is 0 Å². The fourth-order valence-electron chi connectivity index (χ4n) is 2.50. The van der Waals surface area contributed by atoms with E-state index in [4.69, 9.17) is 4.74 Å². The number of nitro groups is 1. The number of methoxy groups -OCH3 is 1. The van der Waals surface area contributed by atoms with Crippen LogP contribution in [0.25, 0.3) is 0 Å². The Morgan fingerprint density at radius 2 is 2.12 bits per heavy atom. The van der Waals surface area contributed by atoms with Crippen LogP contribution in [0.4, 0.5) is 11.5 Å². The number of hydrogen-bond donors (Lipinski definition) is 1. The number of ether oxygens (including phenoxy) is 1. The van der Waals surface area contributed by atoms with Gasteiger partial charge in [0, 0.05) is 25.5 Å². The van der Waals surface area contributed by atoms with Crippen molar-refractivity contribution < 1.29 is 9.66 Å². The summed E-state index contributed by atoms with van der Waals surface area (Å²) in [6.45, 7) is 0. The Kier molecular flexibility index (Phi) is 4.60. The van der Waals surface area contributed by atoms with Gasteiger partial charge in [0.2, 0.25) is 0 Å². The van der Waals surface area contributed by atoms with Crippen molar-refractivity contribution in [3.8, 4) is 5.75 Å². The first-order valence-corrected chi connectivity index (χ1v) is 7.56. The average Bonchev–Trinajstić information content (AvgIpc) is 3.06. The summed E-state index contributed by atoms with van der Waals surface area (Å²) in [6, 6.07) is 10.3. The van der Waals surface area contributed by atoms with Crippen LogP contribution >= 0.6 is 0 Å². The van der Waals surface area contributed by atoms with E-state index in [-0.39, 0.29) is 11.7 Å². The number of nitrogens with one attached hydrogen (secondary N) is 1. The van der Waals surface area contributed by atoms with Crippen molar-refractivity contribution in [1.82, 2.24) is 14.5 Å². The molecule has 0 bridgehead atoms. The van der Waals surface area contributed by atoms with E-state index in [9.17, 15) is 10.1 Å². The van der Waals surface area contributed by atoms with E-state index >= 15 is 0 Å². The van der Waals surface area contributed by atoms with E-state index in [1.807, 2.05) is 42.1 Å². The van der Waals surface area contributed by atoms with Crippen LogP contribution in [0.15, 0.2) is 55.0 Å². The fraction of sp³-hybridized carbons (Fsp3) is 0.176. The van der Waals surface area contributed by atoms with Gasteiger partial charge in [0.25, 0.3) is 5.69 Å². The molecule has 0 unspecified atom stereocenters. The lowest BCUT2D eigenvalue weighted by atomic mass is 10.1. The molecule has 2 aromatic heterocycles. The number of pyridine rings is 1. The van der Waals surface area contributed by atoms with Crippen molar-refractivity contribution in [2.24, 2.45) is 7.05 Å². The van der Waals surface area contributed by atoms with Crippen LogP contribution in [-0.2, 0) is 7.05 Å². The Morgan fingerprint density at radius 3 is 2.72 bits per heavy atom. The van der Waals surface area contributed by atoms with E-state index in [1.54, 1.807) is 19.4 Å². The summed E-state index contributed by atoms with van der Waals surface area (Å²) in [5.41, 5.74) is 0.884. The number of hydrogen-bond acceptors (Lipinski definition) is 6. The lowest BCUT2D eigenvalue weighted by Gasteiger charge is -2.20. The van der Waals surface area contributed by atoms with E-state index in [0.29, 0.717) is 5.82 Å². The third-order valence-electron chi connectivity index (χ3n) is 3.79. The minimum absolute atomic E-state index is 0.0551. The Morgan fingerprint density at radius 1 is 1.28 bits per heavy atom. The number of aryl methyl sites for hydroxylation is 1. The van der Waals surface area contributed by atoms with E-state index in [0.717, 1.165) is 17.1 Å². The molecule has 0 saturated carbocycles. The topological polar surface area (TPSA) is 95.1 Å². The highest BCUT2D eigenvalue weighted by Crippen LogP contribution is 2.27. The molecule has 0 radical (unpaired) electrons. The summed E-state index contributed by atoms with van der Waals surface area (Å²) < 4.78 is 7.20. The molecule has 8 nitrogen and oxygen atoms in total. The summed E-state index contributed by atoms with van der Waals surface area (Å²) in [5.74, 6) is 2.03. The lowest BCUT2D eigenvalue weighted by molar-refractivity contribution is -0.385. The van der Waals surface area contributed by atoms with Crippen molar-refractivity contribution >= 4 is 11.5 Å². The zero-order chi connectivity index (χ0) is 17.8. The number of nitrogens with zero attached hydrogens (tertiary/aromatic N) is 4. The normalized spacial score (nSPS) is 11.8. The summed E-state index contributed by atoms with van der Waals surface area (Å²) in [6.07, 6.45) is 4.80. The van der Waals surface area contributed by atoms with Gasteiger partial charge in [-0.25, -0.2) is 9.97 Å². The predicted molar refractivity (Wildman–Crippen MR) is 92.6 cm³/mol. The summed E-state index contributed by atoms with van der Waals surface area (Å²) >= 11 is 0. The van der Waals surface area contributed by atoms with Gasteiger partial charge in [-0.15, -0.1) is 0 Å². The molecule has 1 atom stereocenters. The first-order valence-electron chi connectivity index (χ1n) is 7.56. The first-order chi connectivity index (χ1) is 12.1. The minimum atomic E-state index is -0.477. The van der Waals surface area contributed by atoms with Gasteiger partial charge in [0.05, 0.1) is 12.0 Å². The highest BCUT2D eigenvalue weighted by atomic mass is 16.6. The highest BCUT2D eigenvalue weighted by molar-refractivity contribution is 5.46. The summed E-state index contributed by atoms with van der Waals surface area (Å²) in [7, 11) is 3.51. The van der Waals surface area contributed by atoms with Gasteiger partial charge < -0.3 is 14.6 Å². The molecule has 0 aliphatic heterocycles. The zero-order valence-corrected chi connectivity index (χ0v) is 13.8. The molecule has 0 spiro atoms. The van der Waals surface area contributed by atoms with Crippen LogP contribution in [0.1, 0.15) is 17.4 Å². The van der Waals surface area contributed by atoms with E-state index in [2.05, 4.69) is 15.3 Å². The lowest BCUT2D eigenvalue weighted by Crippen LogP contribution is -2.17. The number of anilines is 1. The van der Waals surface area contributed by atoms with Crippen LogP contribution in [0.5, 0.6) is 5.75 Å². The van der Waals surface area contributed by atoms with Crippen molar-refractivity contribution in [3.63, 3.8) is 0 Å². The molecular formula is C17H17N5O3. The van der Waals surface area contributed by atoms with Crippen LogP contribution in [0.3, 0.4) is 0 Å². The predicted octanol–water partition coefficient (Wildman–Crippen LogP) is 2.93. The zero-order valence-electron chi connectivity index (χ0n) is 13.8. The summed E-state index contributed by atoms with van der Waals surface area (Å²) in [5, 5.41) is 14.1. The highest BCUT2D eigenvalue weighted by Gasteiger charge is 2.20. The third kappa shape index (κ3) is 3.57. The van der Waals surface area contributed by atoms with Crippen molar-refractivity contribution in [3.05, 3.63) is 76.5 Å². The first kappa shape index (κ1) is 16.4. The maximum atomic E-state index is 10.8. The molecule has 0 fully saturated rings. The Hall–Kier alpha value is -3.42. The molecule has 0 aliphatic rings. The molecule has 0 saturated heterocycles. The maximum absolute atomic E-state index is 10.8. The van der Waals surface area contributed by atoms with Crippen molar-refractivity contribution in [2.75, 3.05) is 12.4 Å². The second-order valence-corrected chi connectivity index (χ2v) is 5.41. The van der Waals surface area contributed by atoms with Crippen LogP contribution < -0.4 is 10.1 Å². The monoisotopic (exact) mass is 339 g/mol. The molecule has 3 aromatic rings. The maximum Gasteiger partial charge on any atom is 0.287 e. The van der Waals surface area contributed by atoms with E-state index in [1.165, 1.54) is 12.3 Å². The molecule has 2 heterocycles. The standard InChI is InChI=1S/C17H17N5O3/c1-21-9-8-18-17(21)16(12-4-3-5-14(10-12)25-2)20-15-7-6-13(11-19-15)22(23)24/h3-11,16H,1-2H3,(H,19,20)/t16-/m1/s1. The molecule has 1 N–H and O–H groups in total. The van der Waals surface area contributed by atoms with Crippen molar-refractivity contribution in [1.29, 1.82) is 0 Å². The molecule has 0 amide bonds. The average molecular weight is 339 g/mol. The quantitative estimate of drug-likeness (QED) is 0.548. The number of imidazole rings is 1. The second-order valence-electron chi connectivity index (χ2n) is 5.41. The van der Waals surface area contributed by atoms with Crippen LogP contribution in [0, 0.1) is 10.1 Å². The van der Waals surface area contributed by atoms with Gasteiger partial charge in [-0.1, -0.05) is 12.1 Å². The van der Waals surface area contributed by atoms with Gasteiger partial charge in [0.1, 0.15) is 29.6 Å². The Bertz CT molecular complexity index is 876. The van der Waals surface area contributed by atoms with Crippen LogP contribution in [-0.4, -0.2) is 26.6 Å². The molecule has 3 rings (SSSR count). The molecular weight excluding hydrogens is 322 g/mol. The molecule has 8 heteroatoms. The van der Waals surface area contributed by atoms with Gasteiger partial charge in [-0.05, 0) is 23.8 Å². The molecule has 25 heavy (non-hydrogen) atoms. The fourth-order valence-corrected chi connectivity index (χ4v) is 2.50. The van der Waals surface area contributed by atoms with Gasteiger partial charge in [0.15, 0.2) is 0 Å². The molecule has 128 valence electrons. The number of aromatic nitrogens is 3. The number of benzene rings is 1. The van der Waals surface area contributed by atoms with E-state index < -0.39 is 4.92 Å². The Balaban J connectivity index is 1.96. The minimum Gasteiger partial charge on any atom is -0.497 e. The second kappa shape index (κ2) is 7.00. The smallest absolute Gasteiger partial charge is 0.287 e. The van der Waals surface area contributed by atoms with Gasteiger partial charge in [-0.2, -0.15) is 0 Å². The Labute approximate surface area is 144 Å². The van der Waals surface area contributed by atoms with Crippen molar-refractivity contribution in [2.45, 2.75) is 6.04 Å². The largest absolute Gasteiger partial charge is 0.497 e. The van der Waals surface area contributed by atoms with Gasteiger partial charge in [-0.3, -0.25) is 10.1 Å².